The van der Waals surface area contributed by atoms with Gasteiger partial charge < -0.3 is 9.53 Å². The second-order valence-corrected chi connectivity index (χ2v) is 9.86. The van der Waals surface area contributed by atoms with E-state index in [1.807, 2.05) is 0 Å². The number of rotatable bonds is 2. The minimum absolute atomic E-state index is 0.222. The fraction of sp³-hybridized carbons (Fsp3) is 0.818. The van der Waals surface area contributed by atoms with Crippen molar-refractivity contribution in [1.82, 2.24) is 0 Å². The van der Waals surface area contributed by atoms with Gasteiger partial charge in [0.2, 0.25) is 0 Å². The molecule has 0 rings (SSSR count). The minimum Gasteiger partial charge on any atom is -0.406 e. The maximum absolute atomic E-state index is 8.92. The van der Waals surface area contributed by atoms with E-state index < -0.39 is 14.4 Å². The second-order valence-electron chi connectivity index (χ2n) is 5.05. The summed E-state index contributed by atoms with van der Waals surface area (Å²) < 4.78 is 5.80. The molecule has 0 aromatic carbocycles. The number of aliphatic hydroxyl groups is 1. The average molecular weight is 214 g/mol. The molecule has 82 valence electrons. The first kappa shape index (κ1) is 13.7. The smallest absolute Gasteiger partial charge is 0.193 e. The Hall–Kier alpha value is -0.303. The van der Waals surface area contributed by atoms with Gasteiger partial charge in [-0.1, -0.05) is 32.6 Å². The van der Waals surface area contributed by atoms with Crippen LogP contribution >= 0.6 is 0 Å². The molecule has 0 radical (unpaired) electrons. The van der Waals surface area contributed by atoms with Gasteiger partial charge in [0.15, 0.2) is 8.32 Å². The largest absolute Gasteiger partial charge is 0.406 e. The van der Waals surface area contributed by atoms with Crippen molar-refractivity contribution in [1.29, 1.82) is 0 Å². The zero-order valence-corrected chi connectivity index (χ0v) is 11.1. The summed E-state index contributed by atoms with van der Waals surface area (Å²) >= 11 is 0. The van der Waals surface area contributed by atoms with Gasteiger partial charge in [0, 0.05) is 0 Å². The third-order valence-electron chi connectivity index (χ3n) is 2.62. The third kappa shape index (κ3) is 4.80. The highest BCUT2D eigenvalue weighted by molar-refractivity contribution is 6.74. The van der Waals surface area contributed by atoms with Crippen LogP contribution in [0, 0.1) is 11.8 Å². The monoisotopic (exact) mass is 214 g/mol. The number of aliphatic hydroxyl groups excluding tert-OH is 1. The molecular formula is C11H22O2Si. The Bertz CT molecular complexity index is 228. The van der Waals surface area contributed by atoms with Gasteiger partial charge in [-0.05, 0) is 25.1 Å². The molecule has 1 unspecified atom stereocenters. The van der Waals surface area contributed by atoms with Crippen LogP contribution in [0.25, 0.3) is 0 Å². The summed E-state index contributed by atoms with van der Waals surface area (Å²) in [7, 11) is -1.66. The highest BCUT2D eigenvalue weighted by Gasteiger charge is 2.36. The molecule has 0 saturated carbocycles. The van der Waals surface area contributed by atoms with E-state index in [4.69, 9.17) is 9.53 Å². The zero-order valence-electron chi connectivity index (χ0n) is 10.1. The lowest BCUT2D eigenvalue weighted by Crippen LogP contribution is -2.40. The second kappa shape index (κ2) is 4.97. The van der Waals surface area contributed by atoms with Crippen LogP contribution < -0.4 is 0 Å². The van der Waals surface area contributed by atoms with Crippen molar-refractivity contribution in [3.8, 4) is 11.8 Å². The van der Waals surface area contributed by atoms with E-state index in [1.165, 1.54) is 0 Å². The zero-order chi connectivity index (χ0) is 11.4. The molecule has 0 bridgehead atoms. The molecule has 0 fully saturated rings. The predicted octanol–water partition coefficient (Wildman–Crippen LogP) is 2.39. The van der Waals surface area contributed by atoms with Gasteiger partial charge in [0.1, 0.15) is 6.10 Å². The van der Waals surface area contributed by atoms with Gasteiger partial charge in [-0.2, -0.15) is 0 Å². The van der Waals surface area contributed by atoms with Crippen molar-refractivity contribution in [2.75, 3.05) is 6.61 Å². The van der Waals surface area contributed by atoms with Crippen molar-refractivity contribution in [3.05, 3.63) is 0 Å². The Balaban J connectivity index is 4.10. The maximum atomic E-state index is 8.92. The first-order valence-corrected chi connectivity index (χ1v) is 7.88. The molecule has 0 aliphatic carbocycles. The van der Waals surface area contributed by atoms with Crippen molar-refractivity contribution in [2.45, 2.75) is 51.9 Å². The summed E-state index contributed by atoms with van der Waals surface area (Å²) in [5.41, 5.74) is 0. The van der Waals surface area contributed by atoms with E-state index in [1.54, 1.807) is 6.92 Å². The Morgan fingerprint density at radius 1 is 1.36 bits per heavy atom. The standard InChI is InChI=1S/C11H22O2Si/c1-10(12)8-7-9-13-14(5,6)11(2,3)4/h10,12H,9H2,1-6H3. The molecule has 0 aliphatic heterocycles. The molecule has 2 nitrogen and oxygen atoms in total. The lowest BCUT2D eigenvalue weighted by atomic mass is 10.2. The van der Waals surface area contributed by atoms with Crippen molar-refractivity contribution < 1.29 is 9.53 Å². The van der Waals surface area contributed by atoms with E-state index in [9.17, 15) is 0 Å². The summed E-state index contributed by atoms with van der Waals surface area (Å²) in [5, 5.41) is 9.15. The summed E-state index contributed by atoms with van der Waals surface area (Å²) in [6, 6.07) is 0. The maximum Gasteiger partial charge on any atom is 0.193 e. The molecule has 1 N–H and O–H groups in total. The molecule has 14 heavy (non-hydrogen) atoms. The van der Waals surface area contributed by atoms with Gasteiger partial charge in [0.25, 0.3) is 0 Å². The molecule has 0 heterocycles. The van der Waals surface area contributed by atoms with Crippen LogP contribution in [0.5, 0.6) is 0 Å². The van der Waals surface area contributed by atoms with E-state index in [0.29, 0.717) is 6.61 Å². The van der Waals surface area contributed by atoms with Crippen LogP contribution in [0.2, 0.25) is 18.1 Å². The SMILES string of the molecule is CC(O)C#CCO[Si](C)(C)C(C)(C)C. The Labute approximate surface area is 88.8 Å². The molecule has 0 aliphatic rings. The highest BCUT2D eigenvalue weighted by atomic mass is 28.4. The Morgan fingerprint density at radius 3 is 2.21 bits per heavy atom. The van der Waals surface area contributed by atoms with E-state index in [0.717, 1.165) is 0 Å². The average Bonchev–Trinajstić information content (AvgIpc) is 1.95. The quantitative estimate of drug-likeness (QED) is 0.565. The lowest BCUT2D eigenvalue weighted by Gasteiger charge is -2.35. The molecular weight excluding hydrogens is 192 g/mol. The van der Waals surface area contributed by atoms with Crippen molar-refractivity contribution >= 4 is 8.32 Å². The number of hydrogen-bond acceptors (Lipinski definition) is 2. The molecule has 1 atom stereocenters. The van der Waals surface area contributed by atoms with Crippen LogP contribution in [-0.4, -0.2) is 26.1 Å². The molecule has 3 heteroatoms. The van der Waals surface area contributed by atoms with E-state index in [2.05, 4.69) is 45.7 Å². The summed E-state index contributed by atoms with van der Waals surface area (Å²) in [6.07, 6.45) is -0.557. The van der Waals surface area contributed by atoms with Gasteiger partial charge in [0.05, 0.1) is 6.61 Å². The summed E-state index contributed by atoms with van der Waals surface area (Å²) in [5.74, 6) is 5.50. The molecule has 0 aromatic heterocycles. The minimum atomic E-state index is -1.66. The Kier molecular flexibility index (Phi) is 4.86. The first-order chi connectivity index (χ1) is 6.17. The van der Waals surface area contributed by atoms with Crippen LogP contribution in [-0.2, 0) is 4.43 Å². The number of hydrogen-bond donors (Lipinski definition) is 1. The van der Waals surface area contributed by atoms with E-state index >= 15 is 0 Å². The lowest BCUT2D eigenvalue weighted by molar-refractivity contribution is 0.252. The van der Waals surface area contributed by atoms with Crippen LogP contribution in [0.15, 0.2) is 0 Å². The van der Waals surface area contributed by atoms with Crippen molar-refractivity contribution in [3.63, 3.8) is 0 Å². The van der Waals surface area contributed by atoms with Gasteiger partial charge in [-0.25, -0.2) is 0 Å². The van der Waals surface area contributed by atoms with E-state index in [-0.39, 0.29) is 5.04 Å². The molecule has 0 aromatic rings. The third-order valence-corrected chi connectivity index (χ3v) is 7.10. The highest BCUT2D eigenvalue weighted by Crippen LogP contribution is 2.36. The fourth-order valence-corrected chi connectivity index (χ4v) is 1.49. The Morgan fingerprint density at radius 2 is 1.86 bits per heavy atom. The van der Waals surface area contributed by atoms with Gasteiger partial charge >= 0.3 is 0 Å². The molecule has 0 amide bonds. The molecule has 0 saturated heterocycles. The fourth-order valence-electron chi connectivity index (χ4n) is 0.622. The normalized spacial score (nSPS) is 14.5. The van der Waals surface area contributed by atoms with Crippen molar-refractivity contribution in [2.24, 2.45) is 0 Å². The van der Waals surface area contributed by atoms with Gasteiger partial charge in [-0.15, -0.1) is 0 Å². The summed E-state index contributed by atoms with van der Waals surface area (Å²) in [6.45, 7) is 13.1. The topological polar surface area (TPSA) is 29.5 Å². The predicted molar refractivity (Wildman–Crippen MR) is 62.6 cm³/mol. The summed E-state index contributed by atoms with van der Waals surface area (Å²) in [4.78, 5) is 0. The van der Waals surface area contributed by atoms with Crippen LogP contribution in [0.3, 0.4) is 0 Å². The molecule has 0 spiro atoms. The van der Waals surface area contributed by atoms with Gasteiger partial charge in [-0.3, -0.25) is 0 Å². The van der Waals surface area contributed by atoms with Crippen LogP contribution in [0.1, 0.15) is 27.7 Å². The van der Waals surface area contributed by atoms with Crippen LogP contribution in [0.4, 0.5) is 0 Å². The first-order valence-electron chi connectivity index (χ1n) is 4.97.